The van der Waals surface area contributed by atoms with Crippen molar-refractivity contribution in [3.8, 4) is 0 Å². The van der Waals surface area contributed by atoms with E-state index in [1.807, 2.05) is 0 Å². The van der Waals surface area contributed by atoms with Gasteiger partial charge in [0.05, 0.1) is 22.1 Å². The van der Waals surface area contributed by atoms with Crippen molar-refractivity contribution >= 4 is 40.7 Å². The zero-order chi connectivity index (χ0) is 14.5. The minimum atomic E-state index is -0.639. The molecule has 0 heterocycles. The van der Waals surface area contributed by atoms with E-state index >= 15 is 0 Å². The number of rotatable bonds is 2. The maximum absolute atomic E-state index is 11.9. The Hall–Kier alpha value is -0.610. The van der Waals surface area contributed by atoms with E-state index < -0.39 is 45.5 Å². The van der Waals surface area contributed by atoms with Crippen LogP contribution in [0.15, 0.2) is 0 Å². The van der Waals surface area contributed by atoms with E-state index in [9.17, 15) is 14.4 Å². The summed E-state index contributed by atoms with van der Waals surface area (Å²) < 4.78 is 5.13. The second kappa shape index (κ2) is 4.74. The minimum Gasteiger partial charge on any atom is -0.464 e. The smallest absolute Gasteiger partial charge is 0.311 e. The summed E-state index contributed by atoms with van der Waals surface area (Å²) in [7, 11) is 0. The topological polar surface area (TPSA) is 60.4 Å². The zero-order valence-corrected chi connectivity index (χ0v) is 12.5. The number of ketones is 2. The van der Waals surface area contributed by atoms with Crippen molar-refractivity contribution in [1.29, 1.82) is 0 Å². The monoisotopic (exact) mass is 306 g/mol. The van der Waals surface area contributed by atoms with Crippen LogP contribution in [0.1, 0.15) is 20.8 Å². The highest BCUT2D eigenvalue weighted by Gasteiger charge is 2.64. The van der Waals surface area contributed by atoms with Crippen molar-refractivity contribution in [2.24, 2.45) is 23.2 Å². The molecule has 2 unspecified atom stereocenters. The first kappa shape index (κ1) is 14.8. The summed E-state index contributed by atoms with van der Waals surface area (Å²) >= 11 is 12.0. The first-order valence-corrected chi connectivity index (χ1v) is 7.07. The molecule has 106 valence electrons. The fraction of sp³-hybridized carbons (Fsp3) is 0.769. The molecule has 0 amide bonds. The van der Waals surface area contributed by atoms with E-state index in [0.29, 0.717) is 0 Å². The van der Waals surface area contributed by atoms with Gasteiger partial charge in [-0.25, -0.2) is 0 Å². The summed E-state index contributed by atoms with van der Waals surface area (Å²) in [5.74, 6) is -2.82. The summed E-state index contributed by atoms with van der Waals surface area (Å²) in [4.78, 5) is 35.3. The molecule has 4 nitrogen and oxygen atoms in total. The molecule has 6 heteroatoms. The van der Waals surface area contributed by atoms with Crippen LogP contribution >= 0.6 is 23.2 Å². The average Bonchev–Trinajstić information content (AvgIpc) is 2.55. The van der Waals surface area contributed by atoms with Crippen LogP contribution in [-0.2, 0) is 19.1 Å². The van der Waals surface area contributed by atoms with Gasteiger partial charge in [-0.05, 0) is 20.8 Å². The Kier molecular flexibility index (Phi) is 3.69. The lowest BCUT2D eigenvalue weighted by Gasteiger charge is -2.41. The Morgan fingerprint density at radius 2 is 1.74 bits per heavy atom. The van der Waals surface area contributed by atoms with Crippen LogP contribution in [0.5, 0.6) is 0 Å². The molecule has 0 N–H and O–H groups in total. The average molecular weight is 307 g/mol. The normalized spacial score (nSPS) is 37.8. The van der Waals surface area contributed by atoms with Gasteiger partial charge in [0.15, 0.2) is 0 Å². The van der Waals surface area contributed by atoms with Crippen molar-refractivity contribution in [2.45, 2.75) is 31.5 Å². The number of fused-ring (bicyclic) bond motifs is 1. The largest absolute Gasteiger partial charge is 0.464 e. The predicted molar refractivity (Wildman–Crippen MR) is 70.2 cm³/mol. The number of carbonyl (C=O) groups excluding carboxylic acids is 3. The second-order valence-corrected chi connectivity index (χ2v) is 7.18. The van der Waals surface area contributed by atoms with E-state index in [2.05, 4.69) is 0 Å². The van der Waals surface area contributed by atoms with Crippen molar-refractivity contribution in [3.05, 3.63) is 0 Å². The van der Waals surface area contributed by atoms with Gasteiger partial charge in [0.2, 0.25) is 11.6 Å². The molecule has 2 fully saturated rings. The van der Waals surface area contributed by atoms with Crippen LogP contribution in [-0.4, -0.2) is 34.9 Å². The van der Waals surface area contributed by atoms with Crippen LogP contribution in [0.4, 0.5) is 0 Å². The van der Waals surface area contributed by atoms with Crippen molar-refractivity contribution in [3.63, 3.8) is 0 Å². The highest BCUT2D eigenvalue weighted by molar-refractivity contribution is 6.46. The van der Waals surface area contributed by atoms with Gasteiger partial charge in [0, 0.05) is 11.8 Å². The fourth-order valence-electron chi connectivity index (χ4n) is 2.56. The molecule has 0 radical (unpaired) electrons. The second-order valence-electron chi connectivity index (χ2n) is 6.18. The molecule has 0 aromatic rings. The maximum Gasteiger partial charge on any atom is 0.311 e. The first-order valence-electron chi connectivity index (χ1n) is 6.19. The highest BCUT2D eigenvalue weighted by atomic mass is 35.5. The molecule has 19 heavy (non-hydrogen) atoms. The highest BCUT2D eigenvalue weighted by Crippen LogP contribution is 2.52. The van der Waals surface area contributed by atoms with Gasteiger partial charge >= 0.3 is 5.97 Å². The van der Waals surface area contributed by atoms with Gasteiger partial charge in [-0.15, -0.1) is 23.2 Å². The Morgan fingerprint density at radius 3 is 2.26 bits per heavy atom. The number of ether oxygens (including phenoxy) is 1. The van der Waals surface area contributed by atoms with Crippen molar-refractivity contribution < 1.29 is 19.1 Å². The van der Waals surface area contributed by atoms with Gasteiger partial charge in [0.25, 0.3) is 0 Å². The standard InChI is InChI=1S/C13H16Cl2O4/c1-13(2,3)12(18)19-4-5-6-7(9(15)8(6)14)11(17)10(5)16/h5-9H,4H2,1-3H3/t5-,6+,7-,8?,9?/m1/s1. The Bertz CT molecular complexity index is 440. The number of esters is 1. The predicted octanol–water partition coefficient (Wildman–Crippen LogP) is 1.80. The first-order chi connectivity index (χ1) is 8.66. The Labute approximate surface area is 121 Å². The molecule has 0 saturated heterocycles. The van der Waals surface area contributed by atoms with Crippen LogP contribution in [0.3, 0.4) is 0 Å². The van der Waals surface area contributed by atoms with Crippen LogP contribution in [0.2, 0.25) is 0 Å². The van der Waals surface area contributed by atoms with Gasteiger partial charge in [-0.2, -0.15) is 0 Å². The number of carbonyl (C=O) groups is 3. The third-order valence-electron chi connectivity index (χ3n) is 3.78. The molecule has 0 aromatic heterocycles. The lowest BCUT2D eigenvalue weighted by molar-refractivity contribution is -0.155. The molecule has 2 rings (SSSR count). The molecule has 2 aliphatic rings. The molecule has 0 aromatic carbocycles. The van der Waals surface area contributed by atoms with Crippen LogP contribution in [0, 0.1) is 23.2 Å². The number of Topliss-reactive ketones (excluding diaryl/α,β-unsaturated/α-hetero) is 2. The lowest BCUT2D eigenvalue weighted by atomic mass is 9.71. The van der Waals surface area contributed by atoms with Crippen LogP contribution in [0.25, 0.3) is 0 Å². The summed E-state index contributed by atoms with van der Waals surface area (Å²) in [6.45, 7) is 5.08. The molecular weight excluding hydrogens is 291 g/mol. The van der Waals surface area contributed by atoms with Gasteiger partial charge in [0.1, 0.15) is 6.61 Å². The number of alkyl halides is 2. The van der Waals surface area contributed by atoms with E-state index in [0.717, 1.165) is 0 Å². The minimum absolute atomic E-state index is 0.0886. The summed E-state index contributed by atoms with van der Waals surface area (Å²) in [6.07, 6.45) is 0. The van der Waals surface area contributed by atoms with E-state index in [4.69, 9.17) is 27.9 Å². The Balaban J connectivity index is 2.04. The number of hydrogen-bond donors (Lipinski definition) is 0. The zero-order valence-electron chi connectivity index (χ0n) is 11.0. The Morgan fingerprint density at radius 1 is 1.16 bits per heavy atom. The SMILES string of the molecule is CC(C)(C)C(=O)OC[C@H]1C(=O)C(=O)[C@H]2C(Cl)C(Cl)[C@@H]12. The third kappa shape index (κ3) is 2.29. The molecule has 0 aliphatic heterocycles. The van der Waals surface area contributed by atoms with E-state index in [-0.39, 0.29) is 12.5 Å². The molecule has 0 spiro atoms. The van der Waals surface area contributed by atoms with Crippen LogP contribution < -0.4 is 0 Å². The molecule has 2 saturated carbocycles. The van der Waals surface area contributed by atoms with Crippen molar-refractivity contribution in [1.82, 2.24) is 0 Å². The summed E-state index contributed by atoms with van der Waals surface area (Å²) in [6, 6.07) is 0. The molecule has 2 aliphatic carbocycles. The summed E-state index contributed by atoms with van der Waals surface area (Å²) in [5.41, 5.74) is -0.639. The van der Waals surface area contributed by atoms with Gasteiger partial charge in [-0.1, -0.05) is 0 Å². The van der Waals surface area contributed by atoms with Gasteiger partial charge < -0.3 is 4.74 Å². The number of hydrogen-bond acceptors (Lipinski definition) is 4. The van der Waals surface area contributed by atoms with Gasteiger partial charge in [-0.3, -0.25) is 14.4 Å². The van der Waals surface area contributed by atoms with Crippen molar-refractivity contribution in [2.75, 3.05) is 6.61 Å². The summed E-state index contributed by atoms with van der Waals surface area (Å²) in [5, 5.41) is -0.910. The lowest BCUT2D eigenvalue weighted by Crippen LogP contribution is -2.51. The quantitative estimate of drug-likeness (QED) is 0.443. The maximum atomic E-state index is 11.9. The molecule has 5 atom stereocenters. The van der Waals surface area contributed by atoms with E-state index in [1.165, 1.54) is 0 Å². The fourth-order valence-corrected chi connectivity index (χ4v) is 3.50. The third-order valence-corrected chi connectivity index (χ3v) is 5.02. The molecule has 0 bridgehead atoms. The van der Waals surface area contributed by atoms with E-state index in [1.54, 1.807) is 20.8 Å². The number of halogens is 2. The molecular formula is C13H16Cl2O4.